The fourth-order valence-corrected chi connectivity index (χ4v) is 0.665. The highest BCUT2D eigenvalue weighted by Crippen LogP contribution is 2.11. The lowest BCUT2D eigenvalue weighted by molar-refractivity contribution is 1.26. The van der Waals surface area contributed by atoms with Crippen LogP contribution in [0.3, 0.4) is 0 Å². The molecule has 1 N–H and O–H groups in total. The monoisotopic (exact) mass is 136 g/mol. The third-order valence-corrected chi connectivity index (χ3v) is 1.15. The van der Waals surface area contributed by atoms with E-state index in [9.17, 15) is 0 Å². The number of nitrogens with one attached hydrogen (secondary N) is 1. The van der Waals surface area contributed by atoms with Crippen molar-refractivity contribution in [2.75, 3.05) is 0 Å². The second-order valence-corrected chi connectivity index (χ2v) is 2.11. The molecule has 0 aromatic rings. The van der Waals surface area contributed by atoms with Crippen molar-refractivity contribution in [2.45, 2.75) is 13.8 Å². The number of nitrogens with zero attached hydrogens (tertiary/aromatic N) is 1. The molecule has 0 unspecified atom stereocenters. The summed E-state index contributed by atoms with van der Waals surface area (Å²) in [4.78, 5) is 3.74. The second kappa shape index (κ2) is 3.77. The van der Waals surface area contributed by atoms with Crippen LogP contribution in [0.2, 0.25) is 0 Å². The van der Waals surface area contributed by atoms with E-state index in [0.717, 1.165) is 16.8 Å². The van der Waals surface area contributed by atoms with E-state index in [2.05, 4.69) is 18.3 Å². The normalized spacial score (nSPS) is 11.8. The SMILES string of the molecule is C=N/C(C(=C)C)=C(\C)C=N. The molecule has 0 spiro atoms. The van der Waals surface area contributed by atoms with Gasteiger partial charge in [0.1, 0.15) is 0 Å². The van der Waals surface area contributed by atoms with Gasteiger partial charge in [-0.15, -0.1) is 0 Å². The minimum atomic E-state index is 0.718. The molecule has 0 aromatic heterocycles. The standard InChI is InChI=1S/C8H12N2/c1-6(2)8(10-4)7(3)5-9/h5,9H,1,4H2,2-3H3/b8-7+,9-5?. The van der Waals surface area contributed by atoms with Crippen LogP contribution in [0, 0.1) is 5.41 Å². The predicted molar refractivity (Wildman–Crippen MR) is 45.8 cm³/mol. The first-order chi connectivity index (χ1) is 4.63. The Balaban J connectivity index is 4.79. The third kappa shape index (κ3) is 1.97. The molecule has 0 aliphatic rings. The highest BCUT2D eigenvalue weighted by atomic mass is 14.7. The molecule has 54 valence electrons. The minimum Gasteiger partial charge on any atom is -0.308 e. The summed E-state index contributed by atoms with van der Waals surface area (Å²) >= 11 is 0. The maximum absolute atomic E-state index is 6.92. The molecular formula is C8H12N2. The lowest BCUT2D eigenvalue weighted by atomic mass is 10.1. The van der Waals surface area contributed by atoms with Crippen molar-refractivity contribution in [2.24, 2.45) is 4.99 Å². The average molecular weight is 136 g/mol. The Hall–Kier alpha value is -1.18. The predicted octanol–water partition coefficient (Wildman–Crippen LogP) is 2.19. The van der Waals surface area contributed by atoms with E-state index in [0.29, 0.717) is 0 Å². The van der Waals surface area contributed by atoms with Gasteiger partial charge < -0.3 is 5.41 Å². The summed E-state index contributed by atoms with van der Waals surface area (Å²) < 4.78 is 0. The Morgan fingerprint density at radius 3 is 2.10 bits per heavy atom. The van der Waals surface area contributed by atoms with Crippen molar-refractivity contribution in [1.29, 1.82) is 5.41 Å². The van der Waals surface area contributed by atoms with Crippen LogP contribution in [0.25, 0.3) is 0 Å². The van der Waals surface area contributed by atoms with Gasteiger partial charge in [0.05, 0.1) is 5.70 Å². The number of hydrogen-bond acceptors (Lipinski definition) is 2. The molecule has 10 heavy (non-hydrogen) atoms. The molecule has 0 saturated heterocycles. The lowest BCUT2D eigenvalue weighted by Crippen LogP contribution is -1.86. The highest BCUT2D eigenvalue weighted by Gasteiger charge is 1.96. The molecule has 2 heteroatoms. The molecule has 0 amide bonds. The van der Waals surface area contributed by atoms with Gasteiger partial charge in [-0.1, -0.05) is 6.58 Å². The summed E-state index contributed by atoms with van der Waals surface area (Å²) in [6.07, 6.45) is 1.25. The van der Waals surface area contributed by atoms with Crippen molar-refractivity contribution in [3.8, 4) is 0 Å². The van der Waals surface area contributed by atoms with Crippen molar-refractivity contribution < 1.29 is 0 Å². The van der Waals surface area contributed by atoms with E-state index in [1.54, 1.807) is 0 Å². The van der Waals surface area contributed by atoms with Crippen LogP contribution in [0.5, 0.6) is 0 Å². The molecule has 2 nitrogen and oxygen atoms in total. The molecule has 0 saturated carbocycles. The van der Waals surface area contributed by atoms with Crippen LogP contribution in [-0.4, -0.2) is 12.9 Å². The van der Waals surface area contributed by atoms with Gasteiger partial charge in [0.25, 0.3) is 0 Å². The van der Waals surface area contributed by atoms with Gasteiger partial charge in [0.15, 0.2) is 0 Å². The molecule has 0 atom stereocenters. The van der Waals surface area contributed by atoms with Crippen LogP contribution >= 0.6 is 0 Å². The molecule has 0 heterocycles. The second-order valence-electron chi connectivity index (χ2n) is 2.11. The Morgan fingerprint density at radius 1 is 1.50 bits per heavy atom. The maximum atomic E-state index is 6.92. The van der Waals surface area contributed by atoms with Crippen LogP contribution in [0.15, 0.2) is 28.4 Å². The molecule has 0 fully saturated rings. The first kappa shape index (κ1) is 8.82. The minimum absolute atomic E-state index is 0.718. The molecular weight excluding hydrogens is 124 g/mol. The Labute approximate surface area is 61.5 Å². The van der Waals surface area contributed by atoms with E-state index < -0.39 is 0 Å². The molecule has 0 bridgehead atoms. The van der Waals surface area contributed by atoms with E-state index in [4.69, 9.17) is 5.41 Å². The van der Waals surface area contributed by atoms with E-state index in [1.165, 1.54) is 6.21 Å². The molecule has 0 radical (unpaired) electrons. The fraction of sp³-hybridized carbons (Fsp3) is 0.250. The molecule has 0 rings (SSSR count). The molecule has 0 aromatic carbocycles. The van der Waals surface area contributed by atoms with E-state index in [1.807, 2.05) is 13.8 Å². The summed E-state index contributed by atoms with van der Waals surface area (Å²) in [6.45, 7) is 10.7. The van der Waals surface area contributed by atoms with Crippen molar-refractivity contribution in [1.82, 2.24) is 0 Å². The van der Waals surface area contributed by atoms with Gasteiger partial charge in [-0.2, -0.15) is 0 Å². The molecule has 0 aliphatic carbocycles. The van der Waals surface area contributed by atoms with Gasteiger partial charge >= 0.3 is 0 Å². The fourth-order valence-electron chi connectivity index (χ4n) is 0.665. The smallest absolute Gasteiger partial charge is 0.0689 e. The first-order valence-corrected chi connectivity index (χ1v) is 2.97. The Kier molecular flexibility index (Phi) is 3.33. The number of rotatable bonds is 3. The summed E-state index contributed by atoms with van der Waals surface area (Å²) in [5.74, 6) is 0. The summed E-state index contributed by atoms with van der Waals surface area (Å²) in [5.41, 5.74) is 2.36. The van der Waals surface area contributed by atoms with Gasteiger partial charge in [0, 0.05) is 6.21 Å². The van der Waals surface area contributed by atoms with Crippen LogP contribution < -0.4 is 0 Å². The quantitative estimate of drug-likeness (QED) is 0.456. The number of allylic oxidation sites excluding steroid dienone is 2. The third-order valence-electron chi connectivity index (χ3n) is 1.15. The summed E-state index contributed by atoms with van der Waals surface area (Å²) in [7, 11) is 0. The zero-order valence-corrected chi connectivity index (χ0v) is 6.44. The maximum Gasteiger partial charge on any atom is 0.0689 e. The van der Waals surface area contributed by atoms with Gasteiger partial charge in [0.2, 0.25) is 0 Å². The van der Waals surface area contributed by atoms with Crippen molar-refractivity contribution in [3.05, 3.63) is 23.4 Å². The van der Waals surface area contributed by atoms with Gasteiger partial charge in [-0.3, -0.25) is 4.99 Å². The topological polar surface area (TPSA) is 36.2 Å². The zero-order valence-electron chi connectivity index (χ0n) is 6.44. The Morgan fingerprint density at radius 2 is 2.00 bits per heavy atom. The van der Waals surface area contributed by atoms with Crippen molar-refractivity contribution in [3.63, 3.8) is 0 Å². The summed E-state index contributed by atoms with van der Waals surface area (Å²) in [6, 6.07) is 0. The zero-order chi connectivity index (χ0) is 8.15. The van der Waals surface area contributed by atoms with Gasteiger partial charge in [-0.25, -0.2) is 0 Å². The van der Waals surface area contributed by atoms with E-state index in [-0.39, 0.29) is 0 Å². The lowest BCUT2D eigenvalue weighted by Gasteiger charge is -2.00. The number of aliphatic imine (C=N–C) groups is 1. The largest absolute Gasteiger partial charge is 0.308 e. The first-order valence-electron chi connectivity index (χ1n) is 2.97. The number of hydrogen-bond donors (Lipinski definition) is 1. The average Bonchev–Trinajstić information content (AvgIpc) is 1.88. The van der Waals surface area contributed by atoms with Crippen LogP contribution in [0.1, 0.15) is 13.8 Å². The Bertz CT molecular complexity index is 199. The summed E-state index contributed by atoms with van der Waals surface area (Å²) in [5, 5.41) is 6.92. The van der Waals surface area contributed by atoms with Gasteiger partial charge in [-0.05, 0) is 31.7 Å². The molecule has 0 aliphatic heterocycles. The van der Waals surface area contributed by atoms with E-state index >= 15 is 0 Å². The van der Waals surface area contributed by atoms with Crippen LogP contribution in [0.4, 0.5) is 0 Å². The van der Waals surface area contributed by atoms with Crippen molar-refractivity contribution >= 4 is 12.9 Å². The highest BCUT2D eigenvalue weighted by molar-refractivity contribution is 5.77. The van der Waals surface area contributed by atoms with Crippen LogP contribution in [-0.2, 0) is 0 Å².